The molecule has 0 atom stereocenters. The molecule has 0 unspecified atom stereocenters. The maximum absolute atomic E-state index is 5.69. The predicted molar refractivity (Wildman–Crippen MR) is 50.4 cm³/mol. The van der Waals surface area contributed by atoms with Crippen LogP contribution < -0.4 is 28.8 Å². The number of hydrogen-bond acceptors (Lipinski definition) is 2. The third kappa shape index (κ3) is 1.65. The Hall–Kier alpha value is -1.68. The van der Waals surface area contributed by atoms with Crippen LogP contribution in [0, 0.1) is 0 Å². The van der Waals surface area contributed by atoms with Gasteiger partial charge in [0.25, 0.3) is 0 Å². The second-order valence-corrected chi connectivity index (χ2v) is 2.80. The van der Waals surface area contributed by atoms with Crippen LogP contribution in [0.5, 0.6) is 0 Å². The summed E-state index contributed by atoms with van der Waals surface area (Å²) < 4.78 is 2.99. The Morgan fingerprint density at radius 3 is 2.29 bits per heavy atom. The van der Waals surface area contributed by atoms with Gasteiger partial charge in [0.2, 0.25) is 0 Å². The Balaban J connectivity index is 0.000000980. The number of rotatable bonds is 1. The van der Waals surface area contributed by atoms with Gasteiger partial charge in [-0.15, -0.1) is 9.35 Å². The molecule has 1 aromatic heterocycles. The van der Waals surface area contributed by atoms with Gasteiger partial charge in [-0.1, -0.05) is 18.2 Å². The summed E-state index contributed by atoms with van der Waals surface area (Å²) in [6, 6.07) is 9.77. The second-order valence-electron chi connectivity index (χ2n) is 2.80. The fraction of sp³-hybridized carbons (Fsp3) is 0. The highest BCUT2D eigenvalue weighted by Gasteiger charge is 2.14. The maximum Gasteiger partial charge on any atom is 0.335 e. The first-order valence-corrected chi connectivity index (χ1v) is 3.97. The largest absolute Gasteiger partial charge is 1.00 e. The van der Waals surface area contributed by atoms with Crippen LogP contribution in [-0.2, 0) is 0 Å². The van der Waals surface area contributed by atoms with Crippen LogP contribution in [-0.4, -0.2) is 4.68 Å². The van der Waals surface area contributed by atoms with Gasteiger partial charge >= 0.3 is 5.82 Å². The lowest BCUT2D eigenvalue weighted by atomic mass is 10.2. The van der Waals surface area contributed by atoms with Gasteiger partial charge in [0.15, 0.2) is 12.4 Å². The van der Waals surface area contributed by atoms with Gasteiger partial charge < -0.3 is 12.4 Å². The van der Waals surface area contributed by atoms with Crippen molar-refractivity contribution >= 4 is 0 Å². The first kappa shape index (κ1) is 10.4. The molecule has 0 aliphatic rings. The van der Waals surface area contributed by atoms with E-state index in [2.05, 4.69) is 0 Å². The molecule has 0 saturated heterocycles. The van der Waals surface area contributed by atoms with Gasteiger partial charge in [-0.05, 0) is 12.1 Å². The molecule has 0 fully saturated rings. The maximum atomic E-state index is 5.69. The van der Waals surface area contributed by atoms with Crippen molar-refractivity contribution in [1.82, 2.24) is 4.68 Å². The topological polar surface area (TPSA) is 60.8 Å². The molecule has 1 heterocycles. The van der Waals surface area contributed by atoms with Gasteiger partial charge in [-0.2, -0.15) is 0 Å². The van der Waals surface area contributed by atoms with E-state index in [1.807, 2.05) is 30.3 Å². The summed E-state index contributed by atoms with van der Waals surface area (Å²) in [5.41, 5.74) is 0.998. The molecule has 2 aromatic rings. The van der Waals surface area contributed by atoms with E-state index < -0.39 is 0 Å². The highest BCUT2D eigenvalue weighted by atomic mass is 35.5. The summed E-state index contributed by atoms with van der Waals surface area (Å²) in [5, 5.41) is 0. The number of benzene rings is 1. The minimum atomic E-state index is 0. The lowest BCUT2D eigenvalue weighted by molar-refractivity contribution is -0.626. The molecule has 4 N–H and O–H groups in total. The molecule has 0 aliphatic heterocycles. The molecule has 4 nitrogen and oxygen atoms in total. The molecule has 0 spiro atoms. The molecule has 0 aliphatic carbocycles. The summed E-state index contributed by atoms with van der Waals surface area (Å²) >= 11 is 0. The Kier molecular flexibility index (Phi) is 2.99. The fourth-order valence-corrected chi connectivity index (χ4v) is 1.30. The van der Waals surface area contributed by atoms with Crippen molar-refractivity contribution in [2.75, 3.05) is 11.7 Å². The highest BCUT2D eigenvalue weighted by molar-refractivity contribution is 5.52. The molecular weight excluding hydrogens is 200 g/mol. The minimum absolute atomic E-state index is 0. The molecule has 0 saturated carbocycles. The molecule has 2 rings (SSSR count). The summed E-state index contributed by atoms with van der Waals surface area (Å²) in [6.45, 7) is 0. The first-order valence-electron chi connectivity index (χ1n) is 3.97. The van der Waals surface area contributed by atoms with Gasteiger partial charge in [-0.3, -0.25) is 11.7 Å². The number of halogens is 1. The standard InChI is InChI=1S/C9H11N4.ClH/c10-12-6-7-13(11)9(12)8-4-2-1-3-5-8;/h1-7H,10-11H2;1H/q+1;/p-1. The Morgan fingerprint density at radius 1 is 1.14 bits per heavy atom. The van der Waals surface area contributed by atoms with E-state index in [1.54, 1.807) is 12.4 Å². The normalized spacial score (nSPS) is 9.43. The zero-order valence-electron chi connectivity index (χ0n) is 7.47. The van der Waals surface area contributed by atoms with E-state index in [-0.39, 0.29) is 12.4 Å². The lowest BCUT2D eigenvalue weighted by Gasteiger charge is -1.95. The van der Waals surface area contributed by atoms with Crippen molar-refractivity contribution in [2.24, 2.45) is 0 Å². The molecule has 5 heteroatoms. The van der Waals surface area contributed by atoms with Gasteiger partial charge in [-0.25, -0.2) is 0 Å². The van der Waals surface area contributed by atoms with E-state index in [4.69, 9.17) is 11.7 Å². The van der Waals surface area contributed by atoms with Crippen molar-refractivity contribution < 1.29 is 17.1 Å². The average Bonchev–Trinajstić information content (AvgIpc) is 2.48. The smallest absolute Gasteiger partial charge is 0.335 e. The molecule has 0 radical (unpaired) electrons. The van der Waals surface area contributed by atoms with E-state index in [0.717, 1.165) is 11.4 Å². The van der Waals surface area contributed by atoms with Crippen LogP contribution in [0.4, 0.5) is 0 Å². The third-order valence-corrected chi connectivity index (χ3v) is 1.91. The predicted octanol–water partition coefficient (Wildman–Crippen LogP) is -3.13. The van der Waals surface area contributed by atoms with Crippen molar-refractivity contribution in [2.45, 2.75) is 0 Å². The molecule has 1 aromatic carbocycles. The SMILES string of the molecule is Nn1cc[n+](N)c1-c1ccccc1.[Cl-]. The summed E-state index contributed by atoms with van der Waals surface area (Å²) in [5.74, 6) is 12.2. The van der Waals surface area contributed by atoms with Crippen molar-refractivity contribution in [3.8, 4) is 11.4 Å². The lowest BCUT2D eigenvalue weighted by Crippen LogP contribution is -3.00. The first-order chi connectivity index (χ1) is 6.29. The van der Waals surface area contributed by atoms with Crippen LogP contribution >= 0.6 is 0 Å². The van der Waals surface area contributed by atoms with Gasteiger partial charge in [0.1, 0.15) is 0 Å². The highest BCUT2D eigenvalue weighted by Crippen LogP contribution is 2.11. The van der Waals surface area contributed by atoms with Gasteiger partial charge in [0.05, 0.1) is 5.56 Å². The number of nitrogens with two attached hydrogens (primary N) is 2. The number of nitrogen functional groups attached to an aromatic ring is 2. The molecule has 0 bridgehead atoms. The van der Waals surface area contributed by atoms with Gasteiger partial charge in [0, 0.05) is 0 Å². The van der Waals surface area contributed by atoms with Crippen LogP contribution in [0.2, 0.25) is 0 Å². The molecule has 74 valence electrons. The summed E-state index contributed by atoms with van der Waals surface area (Å²) in [6.07, 6.45) is 3.42. The monoisotopic (exact) mass is 210 g/mol. The molecule has 14 heavy (non-hydrogen) atoms. The van der Waals surface area contributed by atoms with Crippen molar-refractivity contribution in [3.05, 3.63) is 42.7 Å². The average molecular weight is 211 g/mol. The summed E-state index contributed by atoms with van der Waals surface area (Å²) in [4.78, 5) is 0. The van der Waals surface area contributed by atoms with E-state index in [9.17, 15) is 0 Å². The number of nitrogens with zero attached hydrogens (tertiary/aromatic N) is 2. The van der Waals surface area contributed by atoms with Crippen molar-refractivity contribution in [1.29, 1.82) is 0 Å². The zero-order chi connectivity index (χ0) is 9.26. The second kappa shape index (κ2) is 4.02. The zero-order valence-corrected chi connectivity index (χ0v) is 8.22. The van der Waals surface area contributed by atoms with Crippen LogP contribution in [0.25, 0.3) is 11.4 Å². The quantitative estimate of drug-likeness (QED) is 0.387. The fourth-order valence-electron chi connectivity index (χ4n) is 1.30. The van der Waals surface area contributed by atoms with E-state index in [1.165, 1.54) is 9.35 Å². The third-order valence-electron chi connectivity index (χ3n) is 1.91. The van der Waals surface area contributed by atoms with Crippen LogP contribution in [0.15, 0.2) is 42.7 Å². The Labute approximate surface area is 88.1 Å². The van der Waals surface area contributed by atoms with E-state index in [0.29, 0.717) is 0 Å². The van der Waals surface area contributed by atoms with Crippen LogP contribution in [0.1, 0.15) is 0 Å². The molecular formula is C9H11ClN4. The number of imidazole rings is 1. The van der Waals surface area contributed by atoms with Crippen molar-refractivity contribution in [3.63, 3.8) is 0 Å². The number of hydrogen-bond donors (Lipinski definition) is 2. The Bertz CT molecular complexity index is 391. The summed E-state index contributed by atoms with van der Waals surface area (Å²) in [7, 11) is 0. The molecule has 0 amide bonds. The Morgan fingerprint density at radius 2 is 1.79 bits per heavy atom. The minimum Gasteiger partial charge on any atom is -1.00 e. The number of aromatic nitrogens is 2. The van der Waals surface area contributed by atoms with Crippen LogP contribution in [0.3, 0.4) is 0 Å². The van der Waals surface area contributed by atoms with E-state index >= 15 is 0 Å².